The van der Waals surface area contributed by atoms with E-state index in [9.17, 15) is 4.79 Å². The highest BCUT2D eigenvalue weighted by Gasteiger charge is 2.65. The summed E-state index contributed by atoms with van der Waals surface area (Å²) >= 11 is 0. The average molecular weight is 254 g/mol. The maximum absolute atomic E-state index is 12.0. The van der Waals surface area contributed by atoms with Crippen LogP contribution in [0.2, 0.25) is 23.7 Å². The van der Waals surface area contributed by atoms with E-state index in [2.05, 4.69) is 33.9 Å². The van der Waals surface area contributed by atoms with Crippen LogP contribution in [0.5, 0.6) is 0 Å². The van der Waals surface area contributed by atoms with Crippen LogP contribution in [-0.4, -0.2) is 19.6 Å². The van der Waals surface area contributed by atoms with Crippen LogP contribution in [0.3, 0.4) is 0 Å². The molecule has 1 saturated heterocycles. The second kappa shape index (κ2) is 3.84. The molecule has 1 unspecified atom stereocenters. The second-order valence-corrected chi connectivity index (χ2v) is 13.0. The first-order valence-electron chi connectivity index (χ1n) is 6.94. The van der Waals surface area contributed by atoms with Gasteiger partial charge in [0.1, 0.15) is 5.60 Å². The Morgan fingerprint density at radius 1 is 1.18 bits per heavy atom. The standard InChI is InChI=1S/C14H26O2Si/c1-13(2,3)17(4,5)11-12(15)16-14(11)9-7-6-8-10-14/h11H,6-10H2,1-5H3. The first-order chi connectivity index (χ1) is 7.71. The van der Waals surface area contributed by atoms with Crippen LogP contribution in [0.4, 0.5) is 0 Å². The fourth-order valence-corrected chi connectivity index (χ4v) is 6.58. The van der Waals surface area contributed by atoms with Crippen molar-refractivity contribution >= 4 is 14.0 Å². The van der Waals surface area contributed by atoms with E-state index in [0.717, 1.165) is 12.8 Å². The van der Waals surface area contributed by atoms with E-state index in [-0.39, 0.29) is 22.1 Å². The van der Waals surface area contributed by atoms with Crippen LogP contribution in [0.25, 0.3) is 0 Å². The molecule has 0 aromatic heterocycles. The van der Waals surface area contributed by atoms with E-state index < -0.39 is 8.07 Å². The Morgan fingerprint density at radius 2 is 1.71 bits per heavy atom. The molecule has 98 valence electrons. The molecule has 0 amide bonds. The van der Waals surface area contributed by atoms with Crippen molar-refractivity contribution in [1.82, 2.24) is 0 Å². The lowest BCUT2D eigenvalue weighted by Gasteiger charge is -2.58. The van der Waals surface area contributed by atoms with E-state index in [0.29, 0.717) is 0 Å². The van der Waals surface area contributed by atoms with Crippen molar-refractivity contribution in [1.29, 1.82) is 0 Å². The molecular formula is C14H26O2Si. The summed E-state index contributed by atoms with van der Waals surface area (Å²) in [6, 6.07) is 0. The van der Waals surface area contributed by atoms with Crippen molar-refractivity contribution in [3.63, 3.8) is 0 Å². The number of hydrogen-bond acceptors (Lipinski definition) is 2. The molecule has 1 spiro atoms. The summed E-state index contributed by atoms with van der Waals surface area (Å²) in [6.07, 6.45) is 5.99. The van der Waals surface area contributed by atoms with Crippen LogP contribution in [0.15, 0.2) is 0 Å². The Hall–Kier alpha value is -0.313. The number of rotatable bonds is 1. The van der Waals surface area contributed by atoms with Crippen molar-refractivity contribution in [2.45, 2.75) is 82.1 Å². The Labute approximate surface area is 106 Å². The van der Waals surface area contributed by atoms with Gasteiger partial charge >= 0.3 is 5.97 Å². The van der Waals surface area contributed by atoms with Crippen LogP contribution >= 0.6 is 0 Å². The summed E-state index contributed by atoms with van der Waals surface area (Å²) in [4.78, 5) is 12.0. The van der Waals surface area contributed by atoms with Crippen molar-refractivity contribution in [3.8, 4) is 0 Å². The van der Waals surface area contributed by atoms with Crippen molar-refractivity contribution in [2.75, 3.05) is 0 Å². The minimum absolute atomic E-state index is 0.0572. The molecule has 2 rings (SSSR count). The molecule has 0 aromatic rings. The summed E-state index contributed by atoms with van der Waals surface area (Å²) in [5, 5.41) is 0.265. The second-order valence-electron chi connectivity index (χ2n) is 7.45. The van der Waals surface area contributed by atoms with E-state index >= 15 is 0 Å². The topological polar surface area (TPSA) is 26.3 Å². The average Bonchev–Trinajstić information content (AvgIpc) is 2.15. The molecule has 2 aliphatic rings. The summed E-state index contributed by atoms with van der Waals surface area (Å²) in [5.41, 5.74) is 0.175. The largest absolute Gasteiger partial charge is 0.458 e. The molecule has 0 aromatic carbocycles. The molecule has 1 atom stereocenters. The third-order valence-electron chi connectivity index (χ3n) is 5.42. The van der Waals surface area contributed by atoms with Crippen LogP contribution in [-0.2, 0) is 9.53 Å². The Bertz CT molecular complexity index is 322. The zero-order chi connectivity index (χ0) is 12.9. The molecule has 0 radical (unpaired) electrons. The zero-order valence-electron chi connectivity index (χ0n) is 11.9. The van der Waals surface area contributed by atoms with Gasteiger partial charge in [-0.1, -0.05) is 40.3 Å². The Balaban J connectivity index is 2.27. The summed E-state index contributed by atoms with van der Waals surface area (Å²) in [7, 11) is -1.62. The quantitative estimate of drug-likeness (QED) is 0.519. The van der Waals surface area contributed by atoms with Gasteiger partial charge in [0.2, 0.25) is 0 Å². The van der Waals surface area contributed by atoms with Crippen LogP contribution in [0, 0.1) is 0 Å². The highest BCUT2D eigenvalue weighted by atomic mass is 28.3. The van der Waals surface area contributed by atoms with E-state index in [4.69, 9.17) is 4.74 Å². The van der Waals surface area contributed by atoms with Gasteiger partial charge in [-0.25, -0.2) is 0 Å². The summed E-state index contributed by atoms with van der Waals surface area (Å²) in [6.45, 7) is 11.6. The van der Waals surface area contributed by atoms with Crippen LogP contribution < -0.4 is 0 Å². The van der Waals surface area contributed by atoms with Crippen LogP contribution in [0.1, 0.15) is 52.9 Å². The predicted molar refractivity (Wildman–Crippen MR) is 72.9 cm³/mol. The molecule has 17 heavy (non-hydrogen) atoms. The lowest BCUT2D eigenvalue weighted by Crippen LogP contribution is -2.65. The number of hydrogen-bond donors (Lipinski definition) is 0. The van der Waals surface area contributed by atoms with E-state index in [1.165, 1.54) is 19.3 Å². The van der Waals surface area contributed by atoms with Gasteiger partial charge in [0.05, 0.1) is 13.6 Å². The molecule has 2 nitrogen and oxygen atoms in total. The van der Waals surface area contributed by atoms with E-state index in [1.807, 2.05) is 0 Å². The first kappa shape index (κ1) is 13.1. The van der Waals surface area contributed by atoms with Gasteiger partial charge in [-0.05, 0) is 30.7 Å². The maximum Gasteiger partial charge on any atom is 0.310 e. The minimum Gasteiger partial charge on any atom is -0.458 e. The predicted octanol–water partition coefficient (Wildman–Crippen LogP) is 4.12. The Kier molecular flexibility index (Phi) is 2.96. The maximum atomic E-state index is 12.0. The van der Waals surface area contributed by atoms with Gasteiger partial charge in [0.25, 0.3) is 0 Å². The minimum atomic E-state index is -1.62. The van der Waals surface area contributed by atoms with Crippen molar-refractivity contribution < 1.29 is 9.53 Å². The normalized spacial score (nSPS) is 28.8. The molecule has 1 heterocycles. The first-order valence-corrected chi connectivity index (χ1v) is 10.0. The molecule has 1 aliphatic heterocycles. The smallest absolute Gasteiger partial charge is 0.310 e. The fourth-order valence-electron chi connectivity index (χ4n) is 3.40. The Morgan fingerprint density at radius 3 is 2.12 bits per heavy atom. The van der Waals surface area contributed by atoms with Gasteiger partial charge in [0, 0.05) is 0 Å². The van der Waals surface area contributed by atoms with Crippen molar-refractivity contribution in [3.05, 3.63) is 0 Å². The highest BCUT2D eigenvalue weighted by Crippen LogP contribution is 2.58. The number of carbonyl (C=O) groups excluding carboxylic acids is 1. The van der Waals surface area contributed by atoms with Gasteiger partial charge in [-0.15, -0.1) is 0 Å². The highest BCUT2D eigenvalue weighted by molar-refractivity contribution is 6.84. The molecule has 1 aliphatic carbocycles. The molecule has 1 saturated carbocycles. The molecule has 2 fully saturated rings. The van der Waals surface area contributed by atoms with Gasteiger partial charge in [0.15, 0.2) is 0 Å². The van der Waals surface area contributed by atoms with E-state index in [1.54, 1.807) is 0 Å². The third kappa shape index (κ3) is 1.87. The molecule has 0 bridgehead atoms. The van der Waals surface area contributed by atoms with Crippen molar-refractivity contribution in [2.24, 2.45) is 0 Å². The monoisotopic (exact) mass is 254 g/mol. The zero-order valence-corrected chi connectivity index (χ0v) is 12.9. The fraction of sp³-hybridized carbons (Fsp3) is 0.929. The lowest BCUT2D eigenvalue weighted by molar-refractivity contribution is -0.197. The molecule has 3 heteroatoms. The summed E-state index contributed by atoms with van der Waals surface area (Å²) in [5.74, 6) is 0.0958. The number of esters is 1. The molecular weight excluding hydrogens is 228 g/mol. The van der Waals surface area contributed by atoms with Gasteiger partial charge in [-0.3, -0.25) is 4.79 Å². The third-order valence-corrected chi connectivity index (χ3v) is 11.5. The van der Waals surface area contributed by atoms with Gasteiger partial charge in [-0.2, -0.15) is 0 Å². The lowest BCUT2D eigenvalue weighted by atomic mass is 9.78. The SMILES string of the molecule is CC(C)(C)[Si](C)(C)C1C(=O)OC12CCCCC2. The molecule has 0 N–H and O–H groups in total. The summed E-state index contributed by atoms with van der Waals surface area (Å²) < 4.78 is 5.66. The number of ether oxygens (including phenoxy) is 1. The number of carbonyl (C=O) groups is 1. The van der Waals surface area contributed by atoms with Gasteiger partial charge < -0.3 is 4.74 Å².